The van der Waals surface area contributed by atoms with Crippen LogP contribution in [0.3, 0.4) is 0 Å². The summed E-state index contributed by atoms with van der Waals surface area (Å²) in [6, 6.07) is 11.2. The molecule has 0 radical (unpaired) electrons. The molecule has 8 nitrogen and oxygen atoms in total. The summed E-state index contributed by atoms with van der Waals surface area (Å²) in [7, 11) is 1.66. The second-order valence-electron chi connectivity index (χ2n) is 7.63. The topological polar surface area (TPSA) is 97.2 Å². The first-order valence-corrected chi connectivity index (χ1v) is 10.6. The van der Waals surface area contributed by atoms with Crippen LogP contribution in [-0.4, -0.2) is 44.7 Å². The van der Waals surface area contributed by atoms with Crippen molar-refractivity contribution in [2.75, 3.05) is 7.05 Å². The van der Waals surface area contributed by atoms with Crippen molar-refractivity contribution in [1.82, 2.24) is 25.2 Å². The number of carbonyl (C=O) groups is 3. The molecule has 1 aromatic heterocycles. The maximum absolute atomic E-state index is 13.3. The lowest BCUT2D eigenvalue weighted by Crippen LogP contribution is -2.26. The first-order valence-electron chi connectivity index (χ1n) is 9.85. The molecule has 0 saturated carbocycles. The number of halogens is 2. The van der Waals surface area contributed by atoms with Crippen molar-refractivity contribution < 1.29 is 18.8 Å². The van der Waals surface area contributed by atoms with Crippen molar-refractivity contribution in [1.29, 1.82) is 0 Å². The van der Waals surface area contributed by atoms with Gasteiger partial charge < -0.3 is 4.90 Å². The van der Waals surface area contributed by atoms with E-state index in [1.807, 2.05) is 0 Å². The number of hydrogen-bond acceptors (Lipinski definition) is 5. The average molecular weight is 500 g/mol. The molecule has 1 atom stereocenters. The van der Waals surface area contributed by atoms with E-state index in [-0.39, 0.29) is 42.4 Å². The fourth-order valence-corrected chi connectivity index (χ4v) is 4.06. The van der Waals surface area contributed by atoms with Crippen molar-refractivity contribution >= 4 is 33.7 Å². The van der Waals surface area contributed by atoms with Gasteiger partial charge in [-0.05, 0) is 58.2 Å². The molecule has 1 saturated heterocycles. The van der Waals surface area contributed by atoms with Crippen LogP contribution >= 0.6 is 15.9 Å². The van der Waals surface area contributed by atoms with E-state index in [2.05, 4.69) is 31.6 Å². The van der Waals surface area contributed by atoms with Gasteiger partial charge in [0.25, 0.3) is 5.91 Å². The molecule has 3 amide bonds. The molecule has 1 aliphatic heterocycles. The zero-order valence-corrected chi connectivity index (χ0v) is 18.7. The van der Waals surface area contributed by atoms with Crippen LogP contribution in [-0.2, 0) is 22.6 Å². The summed E-state index contributed by atoms with van der Waals surface area (Å²) < 4.78 is 15.3. The van der Waals surface area contributed by atoms with E-state index in [4.69, 9.17) is 0 Å². The quantitative estimate of drug-likeness (QED) is 0.525. The smallest absolute Gasteiger partial charge is 0.253 e. The molecule has 3 aromatic rings. The van der Waals surface area contributed by atoms with Crippen LogP contribution in [0.5, 0.6) is 0 Å². The van der Waals surface area contributed by atoms with Gasteiger partial charge in [0.05, 0.1) is 24.3 Å². The molecule has 4 rings (SSSR count). The molecule has 2 aromatic carbocycles. The highest BCUT2D eigenvalue weighted by Crippen LogP contribution is 2.22. The lowest BCUT2D eigenvalue weighted by atomic mass is 9.97. The highest BCUT2D eigenvalue weighted by atomic mass is 79.9. The number of rotatable bonds is 6. The van der Waals surface area contributed by atoms with Gasteiger partial charge >= 0.3 is 0 Å². The van der Waals surface area contributed by atoms with Gasteiger partial charge in [0, 0.05) is 23.5 Å². The van der Waals surface area contributed by atoms with Gasteiger partial charge in [0.15, 0.2) is 0 Å². The van der Waals surface area contributed by atoms with Crippen LogP contribution in [0.15, 0.2) is 53.1 Å². The maximum Gasteiger partial charge on any atom is 0.253 e. The second kappa shape index (κ2) is 8.99. The van der Waals surface area contributed by atoms with Crippen LogP contribution in [0.1, 0.15) is 28.0 Å². The summed E-state index contributed by atoms with van der Waals surface area (Å²) in [5.41, 5.74) is 2.58. The third-order valence-corrected chi connectivity index (χ3v) is 5.83. The molecule has 10 heteroatoms. The number of carbonyl (C=O) groups excluding carboxylic acids is 3. The molecule has 164 valence electrons. The average Bonchev–Trinajstić information content (AvgIpc) is 3.33. The van der Waals surface area contributed by atoms with Gasteiger partial charge in [-0.1, -0.05) is 17.3 Å². The standard InChI is InChI=1S/C22H19BrFN5O3/c1-28(11-17-12-29(27-26-17)19-7-6-16(24)10-18(19)23)22(32)14-4-2-13(3-5-14)8-15-9-20(30)25-21(15)31/h2-7,10,12,15H,8-9,11H2,1H3,(H,25,30,31). The summed E-state index contributed by atoms with van der Waals surface area (Å²) in [4.78, 5) is 37.4. The number of imide groups is 1. The summed E-state index contributed by atoms with van der Waals surface area (Å²) in [6.07, 6.45) is 2.32. The van der Waals surface area contributed by atoms with Crippen molar-refractivity contribution in [2.45, 2.75) is 19.4 Å². The molecule has 1 aliphatic rings. The van der Waals surface area contributed by atoms with E-state index >= 15 is 0 Å². The Morgan fingerprint density at radius 3 is 2.66 bits per heavy atom. The Kier molecular flexibility index (Phi) is 6.13. The Hall–Kier alpha value is -3.40. The highest BCUT2D eigenvalue weighted by molar-refractivity contribution is 9.10. The van der Waals surface area contributed by atoms with Crippen LogP contribution in [0, 0.1) is 11.7 Å². The van der Waals surface area contributed by atoms with Crippen LogP contribution in [0.25, 0.3) is 5.69 Å². The molecular formula is C22H19BrFN5O3. The van der Waals surface area contributed by atoms with E-state index in [0.29, 0.717) is 27.8 Å². The van der Waals surface area contributed by atoms with E-state index in [1.165, 1.54) is 21.7 Å². The van der Waals surface area contributed by atoms with Gasteiger partial charge in [-0.2, -0.15) is 0 Å². The van der Waals surface area contributed by atoms with Gasteiger partial charge in [-0.15, -0.1) is 5.10 Å². The first kappa shape index (κ1) is 21.8. The van der Waals surface area contributed by atoms with Gasteiger partial charge in [-0.25, -0.2) is 9.07 Å². The van der Waals surface area contributed by atoms with Crippen LogP contribution in [0.2, 0.25) is 0 Å². The third kappa shape index (κ3) is 4.75. The summed E-state index contributed by atoms with van der Waals surface area (Å²) in [5.74, 6) is -1.43. The minimum Gasteiger partial charge on any atom is -0.336 e. The van der Waals surface area contributed by atoms with E-state index < -0.39 is 0 Å². The van der Waals surface area contributed by atoms with E-state index in [9.17, 15) is 18.8 Å². The van der Waals surface area contributed by atoms with E-state index in [1.54, 1.807) is 43.6 Å². The van der Waals surface area contributed by atoms with Gasteiger partial charge in [-0.3, -0.25) is 19.7 Å². The number of amides is 3. The highest BCUT2D eigenvalue weighted by Gasteiger charge is 2.30. The third-order valence-electron chi connectivity index (χ3n) is 5.19. The summed E-state index contributed by atoms with van der Waals surface area (Å²) >= 11 is 3.31. The molecule has 0 aliphatic carbocycles. The fourth-order valence-electron chi connectivity index (χ4n) is 3.53. The molecule has 2 heterocycles. The van der Waals surface area contributed by atoms with Crippen molar-refractivity contribution in [2.24, 2.45) is 5.92 Å². The Balaban J connectivity index is 1.39. The predicted octanol–water partition coefficient (Wildman–Crippen LogP) is 2.65. The van der Waals surface area contributed by atoms with Crippen LogP contribution in [0.4, 0.5) is 4.39 Å². The summed E-state index contributed by atoms with van der Waals surface area (Å²) in [6.45, 7) is 0.240. The first-order chi connectivity index (χ1) is 15.3. The number of benzene rings is 2. The largest absolute Gasteiger partial charge is 0.336 e. The number of nitrogens with one attached hydrogen (secondary N) is 1. The van der Waals surface area contributed by atoms with Gasteiger partial charge in [0.1, 0.15) is 11.5 Å². The lowest BCUT2D eigenvalue weighted by molar-refractivity contribution is -0.125. The van der Waals surface area contributed by atoms with Crippen molar-refractivity contribution in [3.8, 4) is 5.69 Å². The zero-order chi connectivity index (χ0) is 22.8. The normalized spacial score (nSPS) is 15.7. The minimum absolute atomic E-state index is 0.192. The predicted molar refractivity (Wildman–Crippen MR) is 116 cm³/mol. The molecule has 1 N–H and O–H groups in total. The number of hydrogen-bond donors (Lipinski definition) is 1. The molecule has 0 spiro atoms. The summed E-state index contributed by atoms with van der Waals surface area (Å²) in [5, 5.41) is 10.5. The monoisotopic (exact) mass is 499 g/mol. The Morgan fingerprint density at radius 2 is 2.00 bits per heavy atom. The Morgan fingerprint density at radius 1 is 1.25 bits per heavy atom. The number of aromatic nitrogens is 3. The van der Waals surface area contributed by atoms with E-state index in [0.717, 1.165) is 5.56 Å². The molecule has 1 fully saturated rings. The molecule has 0 bridgehead atoms. The minimum atomic E-state index is -0.365. The lowest BCUT2D eigenvalue weighted by Gasteiger charge is -2.16. The SMILES string of the molecule is CN(Cc1cn(-c2ccc(F)cc2Br)nn1)C(=O)c1ccc(CC2CC(=O)NC2=O)cc1. The molecule has 32 heavy (non-hydrogen) atoms. The van der Waals surface area contributed by atoms with Crippen LogP contribution < -0.4 is 5.32 Å². The molecular weight excluding hydrogens is 481 g/mol. The van der Waals surface area contributed by atoms with Crippen molar-refractivity contribution in [3.05, 3.63) is 75.8 Å². The zero-order valence-electron chi connectivity index (χ0n) is 17.1. The molecule has 1 unspecified atom stereocenters. The Labute approximate surface area is 191 Å². The second-order valence-corrected chi connectivity index (χ2v) is 8.48. The maximum atomic E-state index is 13.3. The fraction of sp³-hybridized carbons (Fsp3) is 0.227. The number of nitrogens with zero attached hydrogens (tertiary/aromatic N) is 4. The Bertz CT molecular complexity index is 1190. The van der Waals surface area contributed by atoms with Gasteiger partial charge in [0.2, 0.25) is 11.8 Å². The van der Waals surface area contributed by atoms with Crippen molar-refractivity contribution in [3.63, 3.8) is 0 Å².